The number of ether oxygens (including phenoxy) is 1. The van der Waals surface area contributed by atoms with Crippen LogP contribution in [0.3, 0.4) is 0 Å². The zero-order valence-corrected chi connectivity index (χ0v) is 18.3. The average molecular weight is 389 g/mol. The molecule has 0 saturated heterocycles. The van der Waals surface area contributed by atoms with E-state index in [2.05, 4.69) is 20.8 Å². The first-order valence-electron chi connectivity index (χ1n) is 12.1. The molecule has 0 aliphatic heterocycles. The van der Waals surface area contributed by atoms with Crippen molar-refractivity contribution in [1.82, 2.24) is 0 Å². The van der Waals surface area contributed by atoms with Crippen LogP contribution in [0.25, 0.3) is 0 Å². The van der Waals surface area contributed by atoms with E-state index in [9.17, 15) is 9.59 Å². The molecule has 28 heavy (non-hydrogen) atoms. The highest BCUT2D eigenvalue weighted by Crippen LogP contribution is 2.65. The van der Waals surface area contributed by atoms with Crippen LogP contribution in [-0.2, 0) is 14.3 Å². The largest absolute Gasteiger partial charge is 0.462 e. The van der Waals surface area contributed by atoms with Crippen molar-refractivity contribution in [2.45, 2.75) is 110 Å². The summed E-state index contributed by atoms with van der Waals surface area (Å²) >= 11 is 0. The first-order valence-corrected chi connectivity index (χ1v) is 12.1. The Bertz CT molecular complexity index is 613. The predicted octanol–water partition coefficient (Wildman–Crippen LogP) is 6.09. The van der Waals surface area contributed by atoms with Gasteiger partial charge < -0.3 is 4.74 Å². The van der Waals surface area contributed by atoms with Gasteiger partial charge in [0.25, 0.3) is 0 Å². The topological polar surface area (TPSA) is 43.4 Å². The Morgan fingerprint density at radius 2 is 1.86 bits per heavy atom. The minimum absolute atomic E-state index is 0.0183. The second kappa shape index (κ2) is 7.76. The molecule has 0 aromatic rings. The molecule has 4 aliphatic rings. The molecule has 7 atom stereocenters. The van der Waals surface area contributed by atoms with E-state index in [4.69, 9.17) is 4.74 Å². The summed E-state index contributed by atoms with van der Waals surface area (Å²) in [6.45, 7) is 6.97. The number of unbranched alkanes of at least 4 members (excludes halogenated alkanes) is 2. The van der Waals surface area contributed by atoms with Gasteiger partial charge in [0, 0.05) is 18.3 Å². The van der Waals surface area contributed by atoms with Crippen molar-refractivity contribution in [2.75, 3.05) is 0 Å². The molecule has 4 aliphatic carbocycles. The Balaban J connectivity index is 1.39. The Morgan fingerprint density at radius 1 is 1.04 bits per heavy atom. The minimum atomic E-state index is -0.0183. The summed E-state index contributed by atoms with van der Waals surface area (Å²) in [5.74, 6) is 3.41. The van der Waals surface area contributed by atoms with Gasteiger partial charge in [-0.05, 0) is 86.9 Å². The van der Waals surface area contributed by atoms with Crippen LogP contribution in [-0.4, -0.2) is 17.9 Å². The average Bonchev–Trinajstić information content (AvgIpc) is 2.97. The quantitative estimate of drug-likeness (QED) is 0.423. The van der Waals surface area contributed by atoms with E-state index in [0.717, 1.165) is 63.2 Å². The number of esters is 1. The molecule has 0 aromatic carbocycles. The van der Waals surface area contributed by atoms with Crippen LogP contribution >= 0.6 is 0 Å². The number of ketones is 1. The number of carbonyl (C=O) groups is 2. The van der Waals surface area contributed by atoms with Crippen molar-refractivity contribution in [2.24, 2.45) is 34.5 Å². The third-order valence-electron chi connectivity index (χ3n) is 9.61. The maximum absolute atomic E-state index is 12.6. The zero-order valence-electron chi connectivity index (χ0n) is 18.3. The van der Waals surface area contributed by atoms with Gasteiger partial charge in [0.1, 0.15) is 11.9 Å². The lowest BCUT2D eigenvalue weighted by Crippen LogP contribution is -2.54. The molecular weight excluding hydrogens is 348 g/mol. The highest BCUT2D eigenvalue weighted by Gasteiger charge is 2.60. The van der Waals surface area contributed by atoms with Crippen molar-refractivity contribution in [3.8, 4) is 0 Å². The van der Waals surface area contributed by atoms with Gasteiger partial charge in [-0.15, -0.1) is 0 Å². The van der Waals surface area contributed by atoms with E-state index >= 15 is 0 Å². The van der Waals surface area contributed by atoms with Crippen molar-refractivity contribution in [3.05, 3.63) is 0 Å². The Morgan fingerprint density at radius 3 is 2.64 bits per heavy atom. The summed E-state index contributed by atoms with van der Waals surface area (Å²) in [5.41, 5.74) is 0.372. The zero-order chi connectivity index (χ0) is 19.9. The highest BCUT2D eigenvalue weighted by molar-refractivity contribution is 5.87. The SMILES string of the molecule is CCCCCC(=O)OC1CCC2(C)C(CCC3C4CCC(=O)C4(C)CCC32)C1. The summed E-state index contributed by atoms with van der Waals surface area (Å²) in [6, 6.07) is 0. The number of rotatable bonds is 5. The third-order valence-corrected chi connectivity index (χ3v) is 9.61. The Hall–Kier alpha value is -0.860. The maximum atomic E-state index is 12.6. The van der Waals surface area contributed by atoms with Crippen LogP contribution in [0.5, 0.6) is 0 Å². The van der Waals surface area contributed by atoms with Crippen molar-refractivity contribution in [1.29, 1.82) is 0 Å². The number of carbonyl (C=O) groups excluding carboxylic acids is 2. The van der Waals surface area contributed by atoms with Crippen LogP contribution in [0.15, 0.2) is 0 Å². The Kier molecular flexibility index (Phi) is 5.66. The molecule has 0 radical (unpaired) electrons. The lowest BCUT2D eigenvalue weighted by Gasteiger charge is -2.60. The molecule has 0 amide bonds. The Labute approximate surface area is 171 Å². The molecule has 0 N–H and O–H groups in total. The lowest BCUT2D eigenvalue weighted by atomic mass is 9.45. The fraction of sp³-hybridized carbons (Fsp3) is 0.920. The van der Waals surface area contributed by atoms with Gasteiger partial charge in [-0.3, -0.25) is 9.59 Å². The second-order valence-electron chi connectivity index (χ2n) is 10.9. The van der Waals surface area contributed by atoms with Crippen molar-refractivity contribution in [3.63, 3.8) is 0 Å². The minimum Gasteiger partial charge on any atom is -0.462 e. The maximum Gasteiger partial charge on any atom is 0.306 e. The van der Waals surface area contributed by atoms with E-state index in [0.29, 0.717) is 29.5 Å². The molecular formula is C25H40O3. The van der Waals surface area contributed by atoms with Gasteiger partial charge >= 0.3 is 5.97 Å². The number of hydrogen-bond donors (Lipinski definition) is 0. The van der Waals surface area contributed by atoms with E-state index < -0.39 is 0 Å². The van der Waals surface area contributed by atoms with Crippen LogP contribution in [0.1, 0.15) is 104 Å². The van der Waals surface area contributed by atoms with Gasteiger partial charge in [-0.25, -0.2) is 0 Å². The summed E-state index contributed by atoms with van der Waals surface area (Å²) < 4.78 is 5.88. The highest BCUT2D eigenvalue weighted by atomic mass is 16.5. The molecule has 3 heteroatoms. The lowest BCUT2D eigenvalue weighted by molar-refractivity contribution is -0.162. The number of fused-ring (bicyclic) bond motifs is 5. The van der Waals surface area contributed by atoms with E-state index in [1.807, 2.05) is 0 Å². The summed E-state index contributed by atoms with van der Waals surface area (Å²) in [4.78, 5) is 24.7. The van der Waals surface area contributed by atoms with Gasteiger partial charge in [0.05, 0.1) is 0 Å². The first kappa shape index (κ1) is 20.4. The van der Waals surface area contributed by atoms with Gasteiger partial charge in [-0.1, -0.05) is 33.6 Å². The fourth-order valence-electron chi connectivity index (χ4n) is 7.86. The van der Waals surface area contributed by atoms with Gasteiger partial charge in [0.15, 0.2) is 0 Å². The number of hydrogen-bond acceptors (Lipinski definition) is 3. The van der Waals surface area contributed by atoms with Crippen molar-refractivity contribution >= 4 is 11.8 Å². The second-order valence-corrected chi connectivity index (χ2v) is 10.9. The van der Waals surface area contributed by atoms with Crippen LogP contribution < -0.4 is 0 Å². The molecule has 0 spiro atoms. The van der Waals surface area contributed by atoms with Crippen LogP contribution in [0.2, 0.25) is 0 Å². The molecule has 0 aromatic heterocycles. The smallest absolute Gasteiger partial charge is 0.306 e. The predicted molar refractivity (Wildman–Crippen MR) is 111 cm³/mol. The van der Waals surface area contributed by atoms with Crippen LogP contribution in [0, 0.1) is 34.5 Å². The summed E-state index contributed by atoms with van der Waals surface area (Å²) in [7, 11) is 0. The van der Waals surface area contributed by atoms with E-state index in [1.54, 1.807) is 0 Å². The third kappa shape index (κ3) is 3.35. The first-order chi connectivity index (χ1) is 13.4. The normalized spacial score (nSPS) is 45.1. The summed E-state index contributed by atoms with van der Waals surface area (Å²) in [6.07, 6.45) is 14.1. The van der Waals surface area contributed by atoms with Crippen molar-refractivity contribution < 1.29 is 14.3 Å². The molecule has 4 fully saturated rings. The van der Waals surface area contributed by atoms with E-state index in [-0.39, 0.29) is 17.5 Å². The molecule has 4 rings (SSSR count). The number of Topliss-reactive ketones (excluding diaryl/α,β-unsaturated/α-hetero) is 1. The van der Waals surface area contributed by atoms with E-state index in [1.165, 1.54) is 25.7 Å². The van der Waals surface area contributed by atoms with Crippen LogP contribution in [0.4, 0.5) is 0 Å². The molecule has 4 saturated carbocycles. The molecule has 158 valence electrons. The molecule has 3 nitrogen and oxygen atoms in total. The fourth-order valence-corrected chi connectivity index (χ4v) is 7.86. The molecule has 0 heterocycles. The summed E-state index contributed by atoms with van der Waals surface area (Å²) in [5, 5.41) is 0. The standard InChI is InChI=1S/C25H40O3/c1-4-5-6-7-23(27)28-18-12-14-24(2)17(16-18)8-9-19-20-10-11-22(26)25(20,3)15-13-21(19)24/h17-21H,4-16H2,1-3H3. The molecule has 7 unspecified atom stereocenters. The van der Waals surface area contributed by atoms with Gasteiger partial charge in [0.2, 0.25) is 0 Å². The monoisotopic (exact) mass is 388 g/mol. The van der Waals surface area contributed by atoms with Gasteiger partial charge in [-0.2, -0.15) is 0 Å². The molecule has 0 bridgehead atoms.